The number of imidazole rings is 1. The monoisotopic (exact) mass is 270 g/mol. The lowest BCUT2D eigenvalue weighted by Crippen LogP contribution is -2.11. The van der Waals surface area contributed by atoms with Crippen LogP contribution in [-0.2, 0) is 12.8 Å². The van der Waals surface area contributed by atoms with Gasteiger partial charge >= 0.3 is 0 Å². The van der Waals surface area contributed by atoms with Gasteiger partial charge in [0.2, 0.25) is 11.6 Å². The minimum Gasteiger partial charge on any atom is -0.426 e. The number of hydrogen-bond acceptors (Lipinski definition) is 3. The largest absolute Gasteiger partial charge is 0.426 e. The number of hydrogen-bond donors (Lipinski definition) is 1. The number of aryl methyl sites for hydroxylation is 2. The summed E-state index contributed by atoms with van der Waals surface area (Å²) in [4.78, 5) is 16.8. The molecule has 1 N–H and O–H groups in total. The normalized spacial score (nSPS) is 14.7. The number of carbonyl (C=O) groups is 1. The first-order chi connectivity index (χ1) is 9.66. The highest BCUT2D eigenvalue weighted by atomic mass is 16.5. The molecule has 3 rings (SSSR count). The van der Waals surface area contributed by atoms with Crippen LogP contribution in [0.2, 0.25) is 0 Å². The molecule has 0 radical (unpaired) electrons. The first-order valence-electron chi connectivity index (χ1n) is 7.08. The second-order valence-corrected chi connectivity index (χ2v) is 5.40. The van der Waals surface area contributed by atoms with Crippen molar-refractivity contribution in [1.82, 2.24) is 9.71 Å². The SMILES string of the molecule is Cc1ccc(C(=O)c2nc3c(n2O)CCCCC3)cc1. The Labute approximate surface area is 118 Å². The number of nitrogens with zero attached hydrogens (tertiary/aromatic N) is 2. The molecule has 0 unspecified atom stereocenters. The number of fused-ring (bicyclic) bond motifs is 1. The van der Waals surface area contributed by atoms with Crippen molar-refractivity contribution in [3.8, 4) is 0 Å². The highest BCUT2D eigenvalue weighted by molar-refractivity contribution is 6.06. The van der Waals surface area contributed by atoms with Crippen LogP contribution in [0.1, 0.15) is 52.4 Å². The lowest BCUT2D eigenvalue weighted by atomic mass is 10.1. The summed E-state index contributed by atoms with van der Waals surface area (Å²) in [5.74, 6) is -0.0821. The topological polar surface area (TPSA) is 55.1 Å². The van der Waals surface area contributed by atoms with Gasteiger partial charge in [-0.3, -0.25) is 4.79 Å². The average molecular weight is 270 g/mol. The molecule has 0 fully saturated rings. The van der Waals surface area contributed by atoms with Crippen molar-refractivity contribution in [1.29, 1.82) is 0 Å². The quantitative estimate of drug-likeness (QED) is 0.518. The Morgan fingerprint density at radius 3 is 2.60 bits per heavy atom. The van der Waals surface area contributed by atoms with Crippen molar-refractivity contribution >= 4 is 5.78 Å². The van der Waals surface area contributed by atoms with Crippen molar-refractivity contribution in [2.75, 3.05) is 0 Å². The minimum absolute atomic E-state index is 0.140. The zero-order valence-corrected chi connectivity index (χ0v) is 11.6. The van der Waals surface area contributed by atoms with Crippen LogP contribution in [0.4, 0.5) is 0 Å². The van der Waals surface area contributed by atoms with Gasteiger partial charge in [-0.2, -0.15) is 4.73 Å². The maximum Gasteiger partial charge on any atom is 0.231 e. The summed E-state index contributed by atoms with van der Waals surface area (Å²) < 4.78 is 1.00. The molecule has 0 amide bonds. The molecule has 2 aromatic rings. The molecule has 104 valence electrons. The van der Waals surface area contributed by atoms with Crippen molar-refractivity contribution in [2.24, 2.45) is 0 Å². The van der Waals surface area contributed by atoms with Gasteiger partial charge in [0.05, 0.1) is 11.4 Å². The van der Waals surface area contributed by atoms with Crippen LogP contribution < -0.4 is 0 Å². The minimum atomic E-state index is -0.222. The molecule has 4 nitrogen and oxygen atoms in total. The van der Waals surface area contributed by atoms with E-state index in [1.54, 1.807) is 12.1 Å². The fourth-order valence-electron chi connectivity index (χ4n) is 2.68. The van der Waals surface area contributed by atoms with Gasteiger partial charge in [-0.15, -0.1) is 0 Å². The fourth-order valence-corrected chi connectivity index (χ4v) is 2.68. The summed E-state index contributed by atoms with van der Waals surface area (Å²) in [5.41, 5.74) is 3.34. The third kappa shape index (κ3) is 2.22. The number of ketones is 1. The van der Waals surface area contributed by atoms with Crippen LogP contribution in [0, 0.1) is 6.92 Å². The second kappa shape index (κ2) is 5.12. The number of benzene rings is 1. The summed E-state index contributed by atoms with van der Waals surface area (Å²) in [7, 11) is 0. The highest BCUT2D eigenvalue weighted by Gasteiger charge is 2.23. The summed E-state index contributed by atoms with van der Waals surface area (Å²) in [6.45, 7) is 1.98. The predicted molar refractivity (Wildman–Crippen MR) is 75.3 cm³/mol. The van der Waals surface area contributed by atoms with Crippen molar-refractivity contribution in [2.45, 2.75) is 39.0 Å². The Balaban J connectivity index is 1.98. The molecule has 0 spiro atoms. The van der Waals surface area contributed by atoms with Gasteiger partial charge in [0, 0.05) is 5.56 Å². The van der Waals surface area contributed by atoms with E-state index in [1.165, 1.54) is 0 Å². The van der Waals surface area contributed by atoms with Gasteiger partial charge in [-0.25, -0.2) is 4.98 Å². The first-order valence-corrected chi connectivity index (χ1v) is 7.08. The van der Waals surface area contributed by atoms with Gasteiger partial charge in [0.25, 0.3) is 0 Å². The zero-order valence-electron chi connectivity index (χ0n) is 11.6. The van der Waals surface area contributed by atoms with Gasteiger partial charge in [-0.05, 0) is 32.6 Å². The van der Waals surface area contributed by atoms with Gasteiger partial charge in [0.1, 0.15) is 0 Å². The Morgan fingerprint density at radius 1 is 1.15 bits per heavy atom. The Morgan fingerprint density at radius 2 is 1.85 bits per heavy atom. The smallest absolute Gasteiger partial charge is 0.231 e. The molecule has 1 aromatic heterocycles. The molecule has 1 aliphatic carbocycles. The van der Waals surface area contributed by atoms with Crippen molar-refractivity contribution < 1.29 is 10.0 Å². The number of aromatic nitrogens is 2. The molecule has 4 heteroatoms. The Kier molecular flexibility index (Phi) is 3.30. The molecular formula is C16H18N2O2. The van der Waals surface area contributed by atoms with Crippen molar-refractivity contribution in [3.05, 3.63) is 52.6 Å². The molecule has 0 saturated heterocycles. The van der Waals surface area contributed by atoms with Crippen LogP contribution in [0.25, 0.3) is 0 Å². The van der Waals surface area contributed by atoms with Gasteiger partial charge in [0.15, 0.2) is 0 Å². The summed E-state index contributed by atoms with van der Waals surface area (Å²) >= 11 is 0. The maximum absolute atomic E-state index is 12.4. The van der Waals surface area contributed by atoms with Crippen LogP contribution in [0.15, 0.2) is 24.3 Å². The molecular weight excluding hydrogens is 252 g/mol. The van der Waals surface area contributed by atoms with E-state index < -0.39 is 0 Å². The van der Waals surface area contributed by atoms with E-state index in [4.69, 9.17) is 0 Å². The third-order valence-corrected chi connectivity index (χ3v) is 3.87. The summed E-state index contributed by atoms with van der Waals surface area (Å²) in [5, 5.41) is 10.2. The number of rotatable bonds is 2. The fraction of sp³-hybridized carbons (Fsp3) is 0.375. The standard InChI is InChI=1S/C16H18N2O2/c1-11-7-9-12(10-8-11)15(19)16-17-13-5-3-2-4-6-14(13)18(16)20/h7-10,20H,2-6H2,1H3. The van der Waals surface area contributed by atoms with Crippen molar-refractivity contribution in [3.63, 3.8) is 0 Å². The average Bonchev–Trinajstić information content (AvgIpc) is 2.64. The van der Waals surface area contributed by atoms with E-state index in [2.05, 4.69) is 4.98 Å². The van der Waals surface area contributed by atoms with E-state index in [0.29, 0.717) is 5.56 Å². The molecule has 0 atom stereocenters. The summed E-state index contributed by atoms with van der Waals surface area (Å²) in [6, 6.07) is 7.33. The highest BCUT2D eigenvalue weighted by Crippen LogP contribution is 2.22. The Hall–Kier alpha value is -2.10. The van der Waals surface area contributed by atoms with E-state index in [-0.39, 0.29) is 11.6 Å². The van der Waals surface area contributed by atoms with Gasteiger partial charge in [-0.1, -0.05) is 36.2 Å². The molecule has 1 heterocycles. The lowest BCUT2D eigenvalue weighted by Gasteiger charge is -2.03. The van der Waals surface area contributed by atoms with E-state index >= 15 is 0 Å². The maximum atomic E-state index is 12.4. The summed E-state index contributed by atoms with van der Waals surface area (Å²) in [6.07, 6.45) is 4.90. The lowest BCUT2D eigenvalue weighted by molar-refractivity contribution is 0.0970. The molecule has 1 aliphatic rings. The van der Waals surface area contributed by atoms with Crippen LogP contribution in [0.3, 0.4) is 0 Å². The molecule has 0 saturated carbocycles. The second-order valence-electron chi connectivity index (χ2n) is 5.40. The predicted octanol–water partition coefficient (Wildman–Crippen LogP) is 2.93. The number of carbonyl (C=O) groups excluding carboxylic acids is 1. The molecule has 0 aliphatic heterocycles. The zero-order chi connectivity index (χ0) is 14.1. The van der Waals surface area contributed by atoms with Gasteiger partial charge < -0.3 is 5.21 Å². The Bertz CT molecular complexity index is 641. The van der Waals surface area contributed by atoms with Crippen LogP contribution >= 0.6 is 0 Å². The third-order valence-electron chi connectivity index (χ3n) is 3.87. The molecule has 1 aromatic carbocycles. The molecule has 0 bridgehead atoms. The van der Waals surface area contributed by atoms with E-state index in [1.807, 2.05) is 19.1 Å². The first kappa shape index (κ1) is 12.9. The molecule has 20 heavy (non-hydrogen) atoms. The van der Waals surface area contributed by atoms with E-state index in [9.17, 15) is 10.0 Å². The van der Waals surface area contributed by atoms with E-state index in [0.717, 1.165) is 53.8 Å². The van der Waals surface area contributed by atoms with Crippen LogP contribution in [-0.4, -0.2) is 20.7 Å². The van der Waals surface area contributed by atoms with Crippen LogP contribution in [0.5, 0.6) is 0 Å².